The van der Waals surface area contributed by atoms with Crippen molar-refractivity contribution in [3.8, 4) is 5.75 Å². The van der Waals surface area contributed by atoms with Crippen LogP contribution in [-0.2, 0) is 0 Å². The lowest BCUT2D eigenvalue weighted by Gasteiger charge is -2.50. The molecule has 0 saturated heterocycles. The molecule has 3 nitrogen and oxygen atoms in total. The van der Waals surface area contributed by atoms with Gasteiger partial charge in [0.25, 0.3) is 0 Å². The van der Waals surface area contributed by atoms with E-state index in [1.165, 1.54) is 0 Å². The molecule has 0 bridgehead atoms. The number of para-hydroxylation sites is 1. The Morgan fingerprint density at radius 1 is 1.28 bits per heavy atom. The Morgan fingerprint density at radius 2 is 1.83 bits per heavy atom. The van der Waals surface area contributed by atoms with Gasteiger partial charge in [0.05, 0.1) is 0 Å². The van der Waals surface area contributed by atoms with Crippen molar-refractivity contribution in [3.05, 3.63) is 29.8 Å². The van der Waals surface area contributed by atoms with E-state index in [1.807, 2.05) is 38.1 Å². The minimum Gasteiger partial charge on any atom is -0.483 e. The Kier molecular flexibility index (Phi) is 4.01. The van der Waals surface area contributed by atoms with Gasteiger partial charge in [-0.05, 0) is 25.8 Å². The molecule has 2 unspecified atom stereocenters. The monoisotopic (exact) mass is 271 g/mol. The second kappa shape index (κ2) is 4.72. The molecule has 0 saturated carbocycles. The first-order chi connectivity index (χ1) is 7.77. The molecule has 2 atom stereocenters. The topological polar surface area (TPSA) is 55.5 Å². The molecule has 3 N–H and O–H groups in total. The van der Waals surface area contributed by atoms with Gasteiger partial charge in [0.1, 0.15) is 11.4 Å². The van der Waals surface area contributed by atoms with E-state index in [0.29, 0.717) is 0 Å². The minimum atomic E-state index is -1.37. The minimum absolute atomic E-state index is 0. The van der Waals surface area contributed by atoms with Gasteiger partial charge in [-0.15, -0.1) is 12.4 Å². The van der Waals surface area contributed by atoms with Crippen molar-refractivity contribution in [1.82, 2.24) is 0 Å². The highest BCUT2D eigenvalue weighted by Gasteiger charge is 2.54. The Bertz CT molecular complexity index is 430. The largest absolute Gasteiger partial charge is 0.483 e. The summed E-state index contributed by atoms with van der Waals surface area (Å²) in [5.74, 6) is 0.947. The van der Waals surface area contributed by atoms with Crippen molar-refractivity contribution in [3.63, 3.8) is 0 Å². The normalized spacial score (nSPS) is 29.2. The van der Waals surface area contributed by atoms with Crippen LogP contribution in [0.2, 0.25) is 0 Å². The number of fused-ring (bicyclic) bond motifs is 1. The van der Waals surface area contributed by atoms with Crippen LogP contribution in [0.1, 0.15) is 39.2 Å². The first-order valence-corrected chi connectivity index (χ1v) is 6.06. The molecule has 18 heavy (non-hydrogen) atoms. The number of ether oxygens (including phenoxy) is 1. The molecule has 0 spiro atoms. The number of hydrogen-bond donors (Lipinski definition) is 2. The van der Waals surface area contributed by atoms with Gasteiger partial charge in [0.2, 0.25) is 0 Å². The Hall–Kier alpha value is -0.770. The predicted molar refractivity (Wildman–Crippen MR) is 75.1 cm³/mol. The van der Waals surface area contributed by atoms with Gasteiger partial charge in [-0.1, -0.05) is 32.0 Å². The van der Waals surface area contributed by atoms with Crippen LogP contribution in [0, 0.1) is 5.92 Å². The Labute approximate surface area is 115 Å². The third-order valence-electron chi connectivity index (χ3n) is 3.72. The lowest BCUT2D eigenvalue weighted by atomic mass is 9.71. The Balaban J connectivity index is 0.00000162. The van der Waals surface area contributed by atoms with E-state index in [4.69, 9.17) is 10.5 Å². The van der Waals surface area contributed by atoms with Crippen molar-refractivity contribution >= 4 is 12.4 Å². The van der Waals surface area contributed by atoms with Gasteiger partial charge in [-0.2, -0.15) is 0 Å². The first kappa shape index (κ1) is 15.3. The van der Waals surface area contributed by atoms with Crippen LogP contribution in [0.15, 0.2) is 24.3 Å². The fourth-order valence-corrected chi connectivity index (χ4v) is 2.67. The number of halogens is 1. The van der Waals surface area contributed by atoms with Crippen LogP contribution in [0.4, 0.5) is 0 Å². The number of nitrogens with two attached hydrogens (primary N) is 1. The summed E-state index contributed by atoms with van der Waals surface area (Å²) in [4.78, 5) is 0. The van der Waals surface area contributed by atoms with Crippen LogP contribution < -0.4 is 10.5 Å². The van der Waals surface area contributed by atoms with Gasteiger partial charge in [0, 0.05) is 11.5 Å². The zero-order valence-corrected chi connectivity index (χ0v) is 12.1. The van der Waals surface area contributed by atoms with E-state index >= 15 is 0 Å². The maximum atomic E-state index is 10.6. The third-order valence-corrected chi connectivity index (χ3v) is 3.72. The lowest BCUT2D eigenvalue weighted by molar-refractivity contribution is -0.149. The highest BCUT2D eigenvalue weighted by Crippen LogP contribution is 2.47. The molecule has 1 aromatic carbocycles. The number of hydrogen-bond acceptors (Lipinski definition) is 3. The average Bonchev–Trinajstić information content (AvgIpc) is 2.17. The summed E-state index contributed by atoms with van der Waals surface area (Å²) in [6.07, 6.45) is 0. The summed E-state index contributed by atoms with van der Waals surface area (Å²) in [5, 5.41) is 10.6. The number of aliphatic hydroxyl groups is 1. The van der Waals surface area contributed by atoms with Crippen LogP contribution in [-0.4, -0.2) is 16.4 Å². The molecule has 0 amide bonds. The maximum absolute atomic E-state index is 10.6. The quantitative estimate of drug-likeness (QED) is 0.772. The molecule has 1 aliphatic rings. The highest BCUT2D eigenvalue weighted by molar-refractivity contribution is 5.85. The molecule has 0 aliphatic carbocycles. The standard InChI is InChI=1S/C14H21NO2.ClH/c1-9(2)12-10-7-5-6-8-11(10)17-13(3,4)14(12,15)16;/h5-9,12,16H,15H2,1-4H3;1H. The highest BCUT2D eigenvalue weighted by atomic mass is 35.5. The first-order valence-electron chi connectivity index (χ1n) is 6.06. The average molecular weight is 272 g/mol. The Morgan fingerprint density at radius 3 is 2.39 bits per heavy atom. The summed E-state index contributed by atoms with van der Waals surface area (Å²) in [5.41, 5.74) is 4.98. The predicted octanol–water partition coefficient (Wildman–Crippen LogP) is 2.67. The summed E-state index contributed by atoms with van der Waals surface area (Å²) in [6, 6.07) is 7.80. The van der Waals surface area contributed by atoms with Gasteiger partial charge in [-0.3, -0.25) is 5.73 Å². The van der Waals surface area contributed by atoms with E-state index in [2.05, 4.69) is 13.8 Å². The zero-order valence-electron chi connectivity index (χ0n) is 11.3. The van der Waals surface area contributed by atoms with Crippen LogP contribution in [0.5, 0.6) is 5.75 Å². The SMILES string of the molecule is CC(C)C1c2ccccc2OC(C)(C)C1(N)O.Cl. The molecular weight excluding hydrogens is 250 g/mol. The molecule has 1 aromatic rings. The third kappa shape index (κ3) is 2.11. The van der Waals surface area contributed by atoms with E-state index in [9.17, 15) is 5.11 Å². The second-order valence-corrected chi connectivity index (χ2v) is 5.70. The summed E-state index contributed by atoms with van der Waals surface area (Å²) in [7, 11) is 0. The van der Waals surface area contributed by atoms with Crippen molar-refractivity contribution < 1.29 is 9.84 Å². The fraction of sp³-hybridized carbons (Fsp3) is 0.571. The molecule has 1 aliphatic heterocycles. The number of benzene rings is 1. The molecule has 102 valence electrons. The van der Waals surface area contributed by atoms with Crippen molar-refractivity contribution in [2.45, 2.75) is 44.9 Å². The van der Waals surface area contributed by atoms with Crippen molar-refractivity contribution in [2.24, 2.45) is 11.7 Å². The van der Waals surface area contributed by atoms with Crippen molar-refractivity contribution in [2.75, 3.05) is 0 Å². The molecule has 0 aromatic heterocycles. The van der Waals surface area contributed by atoms with Crippen LogP contribution in [0.3, 0.4) is 0 Å². The molecular formula is C14H22ClNO2. The van der Waals surface area contributed by atoms with E-state index in [-0.39, 0.29) is 24.2 Å². The fourth-order valence-electron chi connectivity index (χ4n) is 2.67. The van der Waals surface area contributed by atoms with Crippen LogP contribution >= 0.6 is 12.4 Å². The molecule has 2 rings (SSSR count). The maximum Gasteiger partial charge on any atom is 0.160 e. The number of rotatable bonds is 1. The van der Waals surface area contributed by atoms with Gasteiger partial charge >= 0.3 is 0 Å². The van der Waals surface area contributed by atoms with Crippen LogP contribution in [0.25, 0.3) is 0 Å². The van der Waals surface area contributed by atoms with Gasteiger partial charge in [-0.25, -0.2) is 0 Å². The van der Waals surface area contributed by atoms with Gasteiger partial charge in [0.15, 0.2) is 5.72 Å². The zero-order chi connectivity index (χ0) is 12.8. The van der Waals surface area contributed by atoms with Crippen molar-refractivity contribution in [1.29, 1.82) is 0 Å². The summed E-state index contributed by atoms with van der Waals surface area (Å²) in [6.45, 7) is 7.80. The molecule has 4 heteroatoms. The summed E-state index contributed by atoms with van der Waals surface area (Å²) < 4.78 is 5.84. The smallest absolute Gasteiger partial charge is 0.160 e. The lowest BCUT2D eigenvalue weighted by Crippen LogP contribution is -2.66. The van der Waals surface area contributed by atoms with E-state index < -0.39 is 11.3 Å². The van der Waals surface area contributed by atoms with E-state index in [1.54, 1.807) is 0 Å². The molecule has 0 radical (unpaired) electrons. The molecule has 1 heterocycles. The second-order valence-electron chi connectivity index (χ2n) is 5.70. The van der Waals surface area contributed by atoms with Gasteiger partial charge < -0.3 is 9.84 Å². The van der Waals surface area contributed by atoms with E-state index in [0.717, 1.165) is 11.3 Å². The summed E-state index contributed by atoms with van der Waals surface area (Å²) >= 11 is 0. The molecule has 0 fully saturated rings.